The Morgan fingerprint density at radius 3 is 2.61 bits per heavy atom. The van der Waals surface area contributed by atoms with Gasteiger partial charge in [0.25, 0.3) is 5.91 Å². The smallest absolute Gasteiger partial charge is 0.272 e. The van der Waals surface area contributed by atoms with E-state index in [1.807, 2.05) is 85.8 Å². The van der Waals surface area contributed by atoms with Gasteiger partial charge in [-0.1, -0.05) is 48.5 Å². The Labute approximate surface area is 194 Å². The van der Waals surface area contributed by atoms with Gasteiger partial charge < -0.3 is 4.74 Å². The van der Waals surface area contributed by atoms with Gasteiger partial charge in [0.2, 0.25) is 0 Å². The molecule has 6 heteroatoms. The Balaban J connectivity index is 1.60. The fourth-order valence-electron chi connectivity index (χ4n) is 3.22. The summed E-state index contributed by atoms with van der Waals surface area (Å²) in [4.78, 5) is 17.7. The number of aromatic nitrogens is 1. The number of carbonyl (C=O) groups excluding carboxylic acids is 1. The van der Waals surface area contributed by atoms with Crippen LogP contribution in [0, 0.1) is 3.57 Å². The highest BCUT2D eigenvalue weighted by Crippen LogP contribution is 2.25. The van der Waals surface area contributed by atoms with Crippen LogP contribution >= 0.6 is 22.6 Å². The molecule has 1 N–H and O–H groups in total. The van der Waals surface area contributed by atoms with Crippen molar-refractivity contribution in [3.05, 3.63) is 93.6 Å². The minimum Gasteiger partial charge on any atom is -0.493 e. The number of nitrogens with zero attached hydrogens (tertiary/aromatic N) is 2. The molecule has 3 aromatic carbocycles. The molecule has 31 heavy (non-hydrogen) atoms. The number of hydrogen-bond acceptors (Lipinski definition) is 4. The maximum absolute atomic E-state index is 13.0. The zero-order valence-corrected chi connectivity index (χ0v) is 19.0. The number of nitrogens with one attached hydrogen (secondary N) is 1. The average molecular weight is 521 g/mol. The third-order valence-corrected chi connectivity index (χ3v) is 5.51. The van der Waals surface area contributed by atoms with E-state index in [0.717, 1.165) is 37.0 Å². The van der Waals surface area contributed by atoms with Crippen molar-refractivity contribution in [2.24, 2.45) is 5.10 Å². The van der Waals surface area contributed by atoms with E-state index in [-0.39, 0.29) is 5.91 Å². The Hall–Kier alpha value is -3.26. The molecule has 0 radical (unpaired) electrons. The van der Waals surface area contributed by atoms with Crippen LogP contribution in [-0.2, 0) is 0 Å². The number of ether oxygens (including phenoxy) is 1. The monoisotopic (exact) mass is 521 g/mol. The molecule has 0 aliphatic carbocycles. The maximum Gasteiger partial charge on any atom is 0.272 e. The summed E-state index contributed by atoms with van der Waals surface area (Å²) in [5.74, 6) is 0.550. The summed E-state index contributed by atoms with van der Waals surface area (Å²) in [7, 11) is 0. The number of pyridine rings is 1. The van der Waals surface area contributed by atoms with Crippen molar-refractivity contribution in [3.8, 4) is 17.0 Å². The molecular weight excluding hydrogens is 501 g/mol. The zero-order valence-electron chi connectivity index (χ0n) is 16.9. The fraction of sp³-hybridized carbons (Fsp3) is 0.0800. The molecule has 0 bridgehead atoms. The van der Waals surface area contributed by atoms with Crippen LogP contribution in [0.3, 0.4) is 0 Å². The summed E-state index contributed by atoms with van der Waals surface area (Å²) in [5.41, 5.74) is 6.51. The Bertz CT molecular complexity index is 1260. The second-order valence-corrected chi connectivity index (χ2v) is 7.92. The minimum atomic E-state index is -0.285. The van der Waals surface area contributed by atoms with Gasteiger partial charge in [0, 0.05) is 10.9 Å². The number of carbonyl (C=O) groups is 1. The molecule has 1 heterocycles. The summed E-state index contributed by atoms with van der Waals surface area (Å²) in [6.45, 7) is 2.57. The minimum absolute atomic E-state index is 0.285. The lowest BCUT2D eigenvalue weighted by molar-refractivity contribution is 0.0956. The van der Waals surface area contributed by atoms with E-state index in [2.05, 4.69) is 33.1 Å². The lowest BCUT2D eigenvalue weighted by Crippen LogP contribution is -2.18. The lowest BCUT2D eigenvalue weighted by atomic mass is 10.0. The molecule has 0 fully saturated rings. The van der Waals surface area contributed by atoms with Crippen LogP contribution in [0.2, 0.25) is 0 Å². The van der Waals surface area contributed by atoms with E-state index in [1.54, 1.807) is 6.21 Å². The fourth-order valence-corrected chi connectivity index (χ4v) is 3.91. The predicted molar refractivity (Wildman–Crippen MR) is 133 cm³/mol. The zero-order chi connectivity index (χ0) is 21.6. The van der Waals surface area contributed by atoms with Crippen molar-refractivity contribution >= 4 is 45.6 Å². The van der Waals surface area contributed by atoms with Gasteiger partial charge in [-0.3, -0.25) is 4.79 Å². The molecule has 0 spiro atoms. The van der Waals surface area contributed by atoms with E-state index in [4.69, 9.17) is 9.72 Å². The van der Waals surface area contributed by atoms with Crippen molar-refractivity contribution in [3.63, 3.8) is 0 Å². The lowest BCUT2D eigenvalue weighted by Gasteiger charge is -2.09. The quantitative estimate of drug-likeness (QED) is 0.202. The van der Waals surface area contributed by atoms with Gasteiger partial charge in [0.15, 0.2) is 0 Å². The van der Waals surface area contributed by atoms with Crippen LogP contribution in [0.4, 0.5) is 0 Å². The normalized spacial score (nSPS) is 11.0. The third-order valence-electron chi connectivity index (χ3n) is 4.67. The highest BCUT2D eigenvalue weighted by molar-refractivity contribution is 14.1. The van der Waals surface area contributed by atoms with Crippen LogP contribution in [0.25, 0.3) is 22.2 Å². The van der Waals surface area contributed by atoms with E-state index >= 15 is 0 Å². The van der Waals surface area contributed by atoms with E-state index < -0.39 is 0 Å². The van der Waals surface area contributed by atoms with Crippen LogP contribution < -0.4 is 10.2 Å². The molecule has 0 atom stereocenters. The summed E-state index contributed by atoms with van der Waals surface area (Å²) >= 11 is 2.22. The highest BCUT2D eigenvalue weighted by atomic mass is 127. The number of amides is 1. The maximum atomic E-state index is 13.0. The summed E-state index contributed by atoms with van der Waals surface area (Å²) < 4.78 is 6.54. The number of hydrazone groups is 1. The molecule has 1 amide bonds. The standard InChI is InChI=1S/C25H20IN3O2/c1-2-31-24-13-12-17(14-21(24)26)16-27-29-25(30)20-15-23(18-8-4-3-5-9-18)28-22-11-7-6-10-19(20)22/h3-16H,2H2,1H3,(H,29,30)/b27-16+. The molecule has 0 saturated heterocycles. The summed E-state index contributed by atoms with van der Waals surface area (Å²) in [5, 5.41) is 4.94. The molecule has 4 rings (SSSR count). The average Bonchev–Trinajstić information content (AvgIpc) is 2.80. The molecule has 1 aromatic heterocycles. The van der Waals surface area contributed by atoms with E-state index in [1.165, 1.54) is 0 Å². The first-order valence-corrected chi connectivity index (χ1v) is 10.9. The van der Waals surface area contributed by atoms with Crippen molar-refractivity contribution in [1.29, 1.82) is 0 Å². The first kappa shape index (κ1) is 21.0. The molecular formula is C25H20IN3O2. The molecule has 4 aromatic rings. The van der Waals surface area contributed by atoms with Gasteiger partial charge in [-0.25, -0.2) is 10.4 Å². The third kappa shape index (κ3) is 4.91. The van der Waals surface area contributed by atoms with Gasteiger partial charge >= 0.3 is 0 Å². The van der Waals surface area contributed by atoms with Crippen molar-refractivity contribution < 1.29 is 9.53 Å². The largest absolute Gasteiger partial charge is 0.493 e. The number of fused-ring (bicyclic) bond motifs is 1. The topological polar surface area (TPSA) is 63.6 Å². The number of hydrogen-bond donors (Lipinski definition) is 1. The van der Waals surface area contributed by atoms with Crippen molar-refractivity contribution in [1.82, 2.24) is 10.4 Å². The van der Waals surface area contributed by atoms with E-state index in [0.29, 0.717) is 12.2 Å². The SMILES string of the molecule is CCOc1ccc(/C=N/NC(=O)c2cc(-c3ccccc3)nc3ccccc23)cc1I. The van der Waals surface area contributed by atoms with Gasteiger partial charge in [-0.05, 0) is 65.4 Å². The summed E-state index contributed by atoms with van der Waals surface area (Å²) in [6, 6.07) is 25.0. The van der Waals surface area contributed by atoms with Crippen LogP contribution in [-0.4, -0.2) is 23.7 Å². The molecule has 154 valence electrons. The highest BCUT2D eigenvalue weighted by Gasteiger charge is 2.13. The first-order chi connectivity index (χ1) is 15.2. The molecule has 0 aliphatic heterocycles. The number of halogens is 1. The second-order valence-electron chi connectivity index (χ2n) is 6.76. The predicted octanol–water partition coefficient (Wildman–Crippen LogP) is 5.67. The van der Waals surface area contributed by atoms with Crippen molar-refractivity contribution in [2.75, 3.05) is 6.61 Å². The van der Waals surface area contributed by atoms with Gasteiger partial charge in [0.1, 0.15) is 5.75 Å². The van der Waals surface area contributed by atoms with E-state index in [9.17, 15) is 4.79 Å². The van der Waals surface area contributed by atoms with Crippen LogP contribution in [0.5, 0.6) is 5.75 Å². The van der Waals surface area contributed by atoms with Crippen molar-refractivity contribution in [2.45, 2.75) is 6.92 Å². The molecule has 0 aliphatic rings. The Kier molecular flexibility index (Phi) is 6.57. The molecule has 0 saturated carbocycles. The summed E-state index contributed by atoms with van der Waals surface area (Å²) in [6.07, 6.45) is 1.62. The van der Waals surface area contributed by atoms with Gasteiger partial charge in [-0.15, -0.1) is 0 Å². The Morgan fingerprint density at radius 1 is 1.06 bits per heavy atom. The van der Waals surface area contributed by atoms with Crippen LogP contribution in [0.15, 0.2) is 84.0 Å². The second kappa shape index (κ2) is 9.70. The number of para-hydroxylation sites is 1. The Morgan fingerprint density at radius 2 is 1.84 bits per heavy atom. The number of rotatable bonds is 6. The molecule has 5 nitrogen and oxygen atoms in total. The first-order valence-electron chi connectivity index (χ1n) is 9.86. The van der Waals surface area contributed by atoms with Gasteiger partial charge in [0.05, 0.1) is 33.2 Å². The molecule has 0 unspecified atom stereocenters. The number of benzene rings is 3. The van der Waals surface area contributed by atoms with Crippen LogP contribution in [0.1, 0.15) is 22.8 Å². The van der Waals surface area contributed by atoms with Gasteiger partial charge in [-0.2, -0.15) is 5.10 Å².